The van der Waals surface area contributed by atoms with Crippen LogP contribution < -0.4 is 10.2 Å². The van der Waals surface area contributed by atoms with Gasteiger partial charge in [-0.3, -0.25) is 4.79 Å². The minimum Gasteiger partial charge on any atom is -0.369 e. The summed E-state index contributed by atoms with van der Waals surface area (Å²) >= 11 is 1.35. The van der Waals surface area contributed by atoms with E-state index < -0.39 is 10.0 Å². The number of sulfonamides is 1. The quantitative estimate of drug-likeness (QED) is 0.709. The van der Waals surface area contributed by atoms with Gasteiger partial charge < -0.3 is 10.2 Å². The summed E-state index contributed by atoms with van der Waals surface area (Å²) in [6.45, 7) is 2.27. The first-order chi connectivity index (χ1) is 13.0. The van der Waals surface area contributed by atoms with Crippen molar-refractivity contribution in [1.29, 1.82) is 0 Å². The predicted octanol–water partition coefficient (Wildman–Crippen LogP) is 2.16. The van der Waals surface area contributed by atoms with Crippen molar-refractivity contribution < 1.29 is 17.6 Å². The third kappa shape index (κ3) is 5.27. The van der Waals surface area contributed by atoms with Gasteiger partial charge in [-0.2, -0.15) is 4.31 Å². The Morgan fingerprint density at radius 2 is 1.81 bits per heavy atom. The first-order valence-corrected chi connectivity index (χ1v) is 11.2. The van der Waals surface area contributed by atoms with Crippen molar-refractivity contribution in [3.8, 4) is 0 Å². The molecule has 6 nitrogen and oxygen atoms in total. The maximum Gasteiger partial charge on any atom is 0.261 e. The Balaban J connectivity index is 1.43. The van der Waals surface area contributed by atoms with E-state index in [0.29, 0.717) is 44.0 Å². The molecule has 0 atom stereocenters. The Bertz CT molecular complexity index is 846. The highest BCUT2D eigenvalue weighted by Gasteiger charge is 2.26. The second kappa shape index (κ2) is 8.81. The Hall–Kier alpha value is -1.97. The van der Waals surface area contributed by atoms with Gasteiger partial charge >= 0.3 is 0 Å². The van der Waals surface area contributed by atoms with Crippen LogP contribution in [0.1, 0.15) is 16.1 Å². The fourth-order valence-electron chi connectivity index (χ4n) is 2.96. The number of halogens is 1. The van der Waals surface area contributed by atoms with E-state index in [1.807, 2.05) is 10.3 Å². The third-order valence-electron chi connectivity index (χ3n) is 4.43. The van der Waals surface area contributed by atoms with Crippen LogP contribution in [0, 0.1) is 5.82 Å². The van der Waals surface area contributed by atoms with Crippen LogP contribution in [0.2, 0.25) is 0 Å². The molecule has 0 unspecified atom stereocenters. The van der Waals surface area contributed by atoms with E-state index in [4.69, 9.17) is 0 Å². The van der Waals surface area contributed by atoms with Crippen molar-refractivity contribution in [1.82, 2.24) is 9.62 Å². The molecule has 1 aliphatic heterocycles. The number of nitrogens with zero attached hydrogens (tertiary/aromatic N) is 2. The lowest BCUT2D eigenvalue weighted by Crippen LogP contribution is -2.49. The van der Waals surface area contributed by atoms with E-state index in [9.17, 15) is 17.6 Å². The summed E-state index contributed by atoms with van der Waals surface area (Å²) in [4.78, 5) is 14.5. The highest BCUT2D eigenvalue weighted by Crippen LogP contribution is 2.18. The summed E-state index contributed by atoms with van der Waals surface area (Å²) in [5.74, 6) is -0.449. The lowest BCUT2D eigenvalue weighted by atomic mass is 10.2. The molecule has 1 aliphatic rings. The first kappa shape index (κ1) is 19.8. The summed E-state index contributed by atoms with van der Waals surface area (Å²) in [6.07, 6.45) is 0.373. The molecule has 2 heterocycles. The van der Waals surface area contributed by atoms with E-state index in [2.05, 4.69) is 5.32 Å². The van der Waals surface area contributed by atoms with Crippen LogP contribution in [0.3, 0.4) is 0 Å². The number of piperazine rings is 1. The maximum absolute atomic E-state index is 13.0. The van der Waals surface area contributed by atoms with Gasteiger partial charge in [0.05, 0.1) is 10.6 Å². The molecule has 1 aromatic carbocycles. The van der Waals surface area contributed by atoms with Crippen LogP contribution in [0.5, 0.6) is 0 Å². The molecule has 0 aliphatic carbocycles. The third-order valence-corrected chi connectivity index (χ3v) is 7.26. The Morgan fingerprint density at radius 3 is 2.44 bits per heavy atom. The average molecular weight is 412 g/mol. The van der Waals surface area contributed by atoms with E-state index in [1.54, 1.807) is 24.3 Å². The highest BCUT2D eigenvalue weighted by molar-refractivity contribution is 7.89. The van der Waals surface area contributed by atoms with Crippen molar-refractivity contribution in [2.24, 2.45) is 0 Å². The largest absolute Gasteiger partial charge is 0.369 e. The number of rotatable bonds is 7. The van der Waals surface area contributed by atoms with Gasteiger partial charge in [-0.05, 0) is 42.1 Å². The van der Waals surface area contributed by atoms with Gasteiger partial charge in [-0.1, -0.05) is 6.07 Å². The van der Waals surface area contributed by atoms with Gasteiger partial charge in [0.2, 0.25) is 10.0 Å². The van der Waals surface area contributed by atoms with E-state index in [1.165, 1.54) is 27.8 Å². The molecule has 1 N–H and O–H groups in total. The second-order valence-electron chi connectivity index (χ2n) is 6.27. The predicted molar refractivity (Wildman–Crippen MR) is 105 cm³/mol. The molecule has 1 aromatic heterocycles. The van der Waals surface area contributed by atoms with Gasteiger partial charge in [0, 0.05) is 38.4 Å². The van der Waals surface area contributed by atoms with Crippen LogP contribution >= 0.6 is 11.3 Å². The summed E-state index contributed by atoms with van der Waals surface area (Å²) in [5.41, 5.74) is 0.893. The topological polar surface area (TPSA) is 69.7 Å². The number of carbonyl (C=O) groups is 1. The first-order valence-electron chi connectivity index (χ1n) is 8.76. The lowest BCUT2D eigenvalue weighted by molar-refractivity contribution is 0.0957. The Labute approximate surface area is 162 Å². The highest BCUT2D eigenvalue weighted by atomic mass is 32.2. The Morgan fingerprint density at radius 1 is 1.11 bits per heavy atom. The molecule has 0 saturated carbocycles. The molecule has 1 amide bonds. The number of anilines is 1. The molecule has 1 saturated heterocycles. The summed E-state index contributed by atoms with van der Waals surface area (Å²) in [5, 5.41) is 4.57. The summed E-state index contributed by atoms with van der Waals surface area (Å²) in [6, 6.07) is 9.75. The van der Waals surface area contributed by atoms with E-state index >= 15 is 0 Å². The molecule has 9 heteroatoms. The van der Waals surface area contributed by atoms with Crippen molar-refractivity contribution >= 4 is 33.0 Å². The SMILES string of the molecule is O=C(NCCCS(=O)(=O)N1CCN(c2ccc(F)cc2)CC1)c1cccs1. The van der Waals surface area contributed by atoms with Crippen LogP contribution in [-0.4, -0.2) is 57.1 Å². The van der Waals surface area contributed by atoms with E-state index in [-0.39, 0.29) is 17.5 Å². The average Bonchev–Trinajstić information content (AvgIpc) is 3.21. The smallest absolute Gasteiger partial charge is 0.261 e. The van der Waals surface area contributed by atoms with Crippen LogP contribution in [0.4, 0.5) is 10.1 Å². The van der Waals surface area contributed by atoms with Crippen molar-refractivity contribution in [3.05, 3.63) is 52.5 Å². The fourth-order valence-corrected chi connectivity index (χ4v) is 5.08. The lowest BCUT2D eigenvalue weighted by Gasteiger charge is -2.35. The number of hydrogen-bond acceptors (Lipinski definition) is 5. The number of hydrogen-bond donors (Lipinski definition) is 1. The number of thiophene rings is 1. The van der Waals surface area contributed by atoms with Gasteiger partial charge in [-0.15, -0.1) is 11.3 Å². The zero-order chi connectivity index (χ0) is 19.3. The van der Waals surface area contributed by atoms with Crippen LogP contribution in [0.15, 0.2) is 41.8 Å². The minimum atomic E-state index is -3.35. The summed E-state index contributed by atoms with van der Waals surface area (Å²) in [7, 11) is -3.35. The minimum absolute atomic E-state index is 0.00820. The maximum atomic E-state index is 13.0. The van der Waals surface area contributed by atoms with Gasteiger partial charge in [0.15, 0.2) is 0 Å². The monoisotopic (exact) mass is 411 g/mol. The number of benzene rings is 1. The fraction of sp³-hybridized carbons (Fsp3) is 0.389. The zero-order valence-electron chi connectivity index (χ0n) is 14.8. The van der Waals surface area contributed by atoms with Crippen molar-refractivity contribution in [3.63, 3.8) is 0 Å². The number of nitrogens with one attached hydrogen (secondary N) is 1. The molecule has 1 fully saturated rings. The molecular weight excluding hydrogens is 389 g/mol. The molecule has 0 spiro atoms. The molecule has 0 bridgehead atoms. The van der Waals surface area contributed by atoms with Crippen LogP contribution in [0.25, 0.3) is 0 Å². The molecule has 0 radical (unpaired) electrons. The molecular formula is C18H22FN3O3S2. The standard InChI is InChI=1S/C18H22FN3O3S2/c19-15-4-6-16(7-5-15)21-9-11-22(12-10-21)27(24,25)14-2-8-20-18(23)17-3-1-13-26-17/h1,3-7,13H,2,8-12,14H2,(H,20,23). The Kier molecular flexibility index (Phi) is 6.46. The van der Waals surface area contributed by atoms with Crippen molar-refractivity contribution in [2.45, 2.75) is 6.42 Å². The van der Waals surface area contributed by atoms with Crippen LogP contribution in [-0.2, 0) is 10.0 Å². The van der Waals surface area contributed by atoms with Gasteiger partial charge in [0.25, 0.3) is 5.91 Å². The number of amides is 1. The van der Waals surface area contributed by atoms with Gasteiger partial charge in [-0.25, -0.2) is 12.8 Å². The number of carbonyl (C=O) groups excluding carboxylic acids is 1. The molecule has 146 valence electrons. The van der Waals surface area contributed by atoms with Crippen molar-refractivity contribution in [2.75, 3.05) is 43.4 Å². The van der Waals surface area contributed by atoms with E-state index in [0.717, 1.165) is 5.69 Å². The summed E-state index contributed by atoms with van der Waals surface area (Å²) < 4.78 is 39.5. The second-order valence-corrected chi connectivity index (χ2v) is 9.30. The molecule has 2 aromatic rings. The normalized spacial score (nSPS) is 15.7. The zero-order valence-corrected chi connectivity index (χ0v) is 16.4. The van der Waals surface area contributed by atoms with Gasteiger partial charge in [0.1, 0.15) is 5.82 Å². The molecule has 3 rings (SSSR count). The molecule has 27 heavy (non-hydrogen) atoms.